The van der Waals surface area contributed by atoms with Crippen LogP contribution < -0.4 is 5.32 Å². The van der Waals surface area contributed by atoms with Crippen molar-refractivity contribution in [1.82, 2.24) is 10.4 Å². The minimum absolute atomic E-state index is 0.148. The second kappa shape index (κ2) is 8.82. The lowest BCUT2D eigenvalue weighted by Gasteiger charge is -2.30. The number of hydrogen-bond acceptors (Lipinski definition) is 9. The second-order valence-electron chi connectivity index (χ2n) is 7.51. The van der Waals surface area contributed by atoms with E-state index in [2.05, 4.69) is 0 Å². The summed E-state index contributed by atoms with van der Waals surface area (Å²) < 4.78 is 117. The maximum atomic E-state index is 12.8. The molecule has 0 aromatic carbocycles. The number of alkyl halides is 6. The number of halogens is 6. The van der Waals surface area contributed by atoms with E-state index in [0.717, 1.165) is 6.08 Å². The zero-order chi connectivity index (χ0) is 27.4. The van der Waals surface area contributed by atoms with Gasteiger partial charge < -0.3 is 0 Å². The molecule has 0 aromatic heterocycles. The van der Waals surface area contributed by atoms with Crippen molar-refractivity contribution in [3.8, 4) is 0 Å². The number of nitrogens with zero attached hydrogens (tertiary/aromatic N) is 1. The average Bonchev–Trinajstić information content (AvgIpc) is 3.41. The monoisotopic (exact) mass is 560 g/mol. The Balaban J connectivity index is 0.000000224. The van der Waals surface area contributed by atoms with E-state index in [-0.39, 0.29) is 24.3 Å². The van der Waals surface area contributed by atoms with Crippen LogP contribution in [0.2, 0.25) is 0 Å². The maximum Gasteiger partial charge on any atom is 0.522 e. The summed E-state index contributed by atoms with van der Waals surface area (Å²) in [7, 11) is -11.4. The minimum atomic E-state index is -5.84. The van der Waals surface area contributed by atoms with Crippen molar-refractivity contribution < 1.29 is 72.1 Å². The summed E-state index contributed by atoms with van der Waals surface area (Å²) in [5.41, 5.74) is -11.0. The molecule has 2 saturated heterocycles. The smallest absolute Gasteiger partial charge is 0.296 e. The van der Waals surface area contributed by atoms with E-state index < -0.39 is 77.1 Å². The highest BCUT2D eigenvalue weighted by atomic mass is 32.2. The number of nitrogens with one attached hydrogen (secondary N) is 1. The molecule has 12 nitrogen and oxygen atoms in total. The molecule has 2 aliphatic carbocycles. The normalized spacial score (nSPS) is 29.9. The Labute approximate surface area is 191 Å². The summed E-state index contributed by atoms with van der Waals surface area (Å²) in [6, 6.07) is 0. The minimum Gasteiger partial charge on any atom is -0.296 e. The van der Waals surface area contributed by atoms with Crippen molar-refractivity contribution in [1.29, 1.82) is 0 Å². The molecule has 0 radical (unpaired) electrons. The topological polar surface area (TPSA) is 192 Å². The van der Waals surface area contributed by atoms with Gasteiger partial charge in [0.2, 0.25) is 11.8 Å². The van der Waals surface area contributed by atoms with Crippen LogP contribution in [0, 0.1) is 17.8 Å². The average molecular weight is 560 g/mol. The number of amides is 4. The molecule has 4 unspecified atom stereocenters. The van der Waals surface area contributed by atoms with Gasteiger partial charge in [-0.2, -0.15) is 39.8 Å². The van der Waals surface area contributed by atoms with Crippen molar-refractivity contribution in [2.24, 2.45) is 17.8 Å². The first-order valence-corrected chi connectivity index (χ1v) is 11.9. The Kier molecular flexibility index (Phi) is 7.22. The molecular formula is C15H14F6N2O10S2. The lowest BCUT2D eigenvalue weighted by molar-refractivity contribution is -0.171. The van der Waals surface area contributed by atoms with Gasteiger partial charge in [0.1, 0.15) is 4.75 Å². The summed E-state index contributed by atoms with van der Waals surface area (Å²) in [4.78, 5) is 43.6. The van der Waals surface area contributed by atoms with Gasteiger partial charge in [0, 0.05) is 12.8 Å². The highest BCUT2D eigenvalue weighted by molar-refractivity contribution is 7.93. The molecule has 198 valence electrons. The molecule has 3 fully saturated rings. The number of rotatable bonds is 1. The van der Waals surface area contributed by atoms with Crippen molar-refractivity contribution >= 4 is 43.6 Å². The summed E-state index contributed by atoms with van der Waals surface area (Å²) in [6.45, 7) is 0. The van der Waals surface area contributed by atoms with E-state index in [1.165, 1.54) is 6.08 Å². The van der Waals surface area contributed by atoms with Crippen molar-refractivity contribution in [3.63, 3.8) is 0 Å². The number of sulfone groups is 1. The molecule has 4 atom stereocenters. The highest BCUT2D eigenvalue weighted by Gasteiger charge is 2.73. The summed E-state index contributed by atoms with van der Waals surface area (Å²) in [5, 5.41) is 10.5. The highest BCUT2D eigenvalue weighted by Crippen LogP contribution is 2.59. The van der Waals surface area contributed by atoms with Crippen LogP contribution in [0.4, 0.5) is 26.3 Å². The van der Waals surface area contributed by atoms with Gasteiger partial charge in [-0.1, -0.05) is 12.2 Å². The number of fused-ring (bicyclic) bond motifs is 5. The SMILES string of the molecule is O=C1CCC(=O)N1O.O=C1NC(=O)C2C1C1C=CC2(S(=O)(=O)C(F)(F)F)C1.O=S(=O)(O)C(F)(F)F. The standard InChI is InChI=1S/C10H8F3NO4S.C4H5NO3.CHF3O3S/c11-10(12,13)19(17,18)9-2-1-4(3-9)5-6(9)8(16)14-7(5)15;6-3-1-2-4(7)5(3)8;2-1(3,4)8(5,6)7/h1-2,4-6H,3H2,(H,14,15,16);8H,1-2H2;(H,5,6,7). The van der Waals surface area contributed by atoms with Crippen molar-refractivity contribution in [2.45, 2.75) is 35.0 Å². The van der Waals surface area contributed by atoms with E-state index in [4.69, 9.17) is 18.2 Å². The van der Waals surface area contributed by atoms with Gasteiger partial charge in [0.05, 0.1) is 11.8 Å². The number of carbonyl (C=O) groups excluding carboxylic acids is 4. The Hall–Kier alpha value is -2.58. The molecule has 4 amide bonds. The molecule has 4 rings (SSSR count). The quantitative estimate of drug-likeness (QED) is 0.0986. The summed E-state index contributed by atoms with van der Waals surface area (Å²) in [6.07, 6.45) is 2.16. The van der Waals surface area contributed by atoms with Gasteiger partial charge in [0.25, 0.3) is 21.7 Å². The summed E-state index contributed by atoms with van der Waals surface area (Å²) in [5.74, 6) is -5.74. The third kappa shape index (κ3) is 4.91. The number of carbonyl (C=O) groups is 4. The first-order valence-electron chi connectivity index (χ1n) is 9.02. The Morgan fingerprint density at radius 2 is 1.37 bits per heavy atom. The fourth-order valence-electron chi connectivity index (χ4n) is 3.98. The number of allylic oxidation sites excluding steroid dienone is 1. The molecule has 2 bridgehead atoms. The van der Waals surface area contributed by atoms with Crippen LogP contribution in [0.15, 0.2) is 12.2 Å². The third-order valence-corrected chi connectivity index (χ3v) is 8.23. The fraction of sp³-hybridized carbons (Fsp3) is 0.600. The zero-order valence-electron chi connectivity index (χ0n) is 16.7. The van der Waals surface area contributed by atoms with Crippen LogP contribution in [0.3, 0.4) is 0 Å². The first-order chi connectivity index (χ1) is 15.6. The van der Waals surface area contributed by atoms with Crippen LogP contribution in [0.5, 0.6) is 0 Å². The van der Waals surface area contributed by atoms with Crippen molar-refractivity contribution in [3.05, 3.63) is 12.2 Å². The van der Waals surface area contributed by atoms with Crippen LogP contribution >= 0.6 is 0 Å². The zero-order valence-corrected chi connectivity index (χ0v) is 18.3. The molecular weight excluding hydrogens is 546 g/mol. The van der Waals surface area contributed by atoms with Gasteiger partial charge in [-0.05, 0) is 12.3 Å². The van der Waals surface area contributed by atoms with Crippen LogP contribution in [0.25, 0.3) is 0 Å². The lowest BCUT2D eigenvalue weighted by Crippen LogP contribution is -2.50. The predicted octanol–water partition coefficient (Wildman–Crippen LogP) is 0.0569. The molecule has 2 aliphatic heterocycles. The molecule has 35 heavy (non-hydrogen) atoms. The van der Waals surface area contributed by atoms with Crippen LogP contribution in [-0.4, -0.2) is 71.1 Å². The number of hydrogen-bond donors (Lipinski definition) is 3. The third-order valence-electron chi connectivity index (χ3n) is 5.48. The Morgan fingerprint density at radius 1 is 0.914 bits per heavy atom. The van der Waals surface area contributed by atoms with Crippen LogP contribution in [-0.2, 0) is 39.1 Å². The van der Waals surface area contributed by atoms with Gasteiger partial charge >= 0.3 is 21.1 Å². The van der Waals surface area contributed by atoms with E-state index in [9.17, 15) is 53.9 Å². The largest absolute Gasteiger partial charge is 0.522 e. The van der Waals surface area contributed by atoms with Gasteiger partial charge in [-0.25, -0.2) is 8.42 Å². The molecule has 1 saturated carbocycles. The molecule has 0 spiro atoms. The Bertz CT molecular complexity index is 1180. The maximum absolute atomic E-state index is 12.8. The summed E-state index contributed by atoms with van der Waals surface area (Å²) >= 11 is 0. The Morgan fingerprint density at radius 3 is 1.71 bits per heavy atom. The molecule has 3 N–H and O–H groups in total. The fourth-order valence-corrected chi connectivity index (χ4v) is 5.67. The molecule has 0 aromatic rings. The second-order valence-corrected chi connectivity index (χ2v) is 11.2. The van der Waals surface area contributed by atoms with Crippen LogP contribution in [0.1, 0.15) is 19.3 Å². The van der Waals surface area contributed by atoms with E-state index in [0.29, 0.717) is 0 Å². The number of imide groups is 2. The first kappa shape index (κ1) is 28.7. The molecule has 2 heterocycles. The molecule has 4 aliphatic rings. The predicted molar refractivity (Wildman–Crippen MR) is 95.6 cm³/mol. The van der Waals surface area contributed by atoms with Gasteiger partial charge in [-0.15, -0.1) is 0 Å². The van der Waals surface area contributed by atoms with Gasteiger partial charge in [-0.3, -0.25) is 34.3 Å². The van der Waals surface area contributed by atoms with Crippen molar-refractivity contribution in [2.75, 3.05) is 0 Å². The van der Waals surface area contributed by atoms with E-state index in [1.54, 1.807) is 0 Å². The van der Waals surface area contributed by atoms with Gasteiger partial charge in [0.15, 0.2) is 0 Å². The number of hydroxylamine groups is 2. The molecule has 20 heteroatoms. The van der Waals surface area contributed by atoms with E-state index in [1.807, 2.05) is 5.32 Å². The lowest BCUT2D eigenvalue weighted by atomic mass is 9.85. The van der Waals surface area contributed by atoms with E-state index >= 15 is 0 Å².